The maximum atomic E-state index is 13.4. The second-order valence-electron chi connectivity index (χ2n) is 8.69. The van der Waals surface area contributed by atoms with Gasteiger partial charge >= 0.3 is 12.1 Å². The van der Waals surface area contributed by atoms with E-state index >= 15 is 0 Å². The van der Waals surface area contributed by atoms with E-state index in [9.17, 15) is 19.2 Å². The van der Waals surface area contributed by atoms with E-state index in [4.69, 9.17) is 4.74 Å². The molecular formula is C24H25N5O5. The first-order valence-electron chi connectivity index (χ1n) is 11.3. The van der Waals surface area contributed by atoms with E-state index in [1.165, 1.54) is 7.05 Å². The number of ether oxygens (including phenoxy) is 1. The Morgan fingerprint density at radius 3 is 2.88 bits per heavy atom. The number of benzene rings is 1. The molecule has 34 heavy (non-hydrogen) atoms. The van der Waals surface area contributed by atoms with Gasteiger partial charge in [0.2, 0.25) is 11.5 Å². The van der Waals surface area contributed by atoms with Crippen LogP contribution >= 0.6 is 0 Å². The van der Waals surface area contributed by atoms with E-state index in [0.29, 0.717) is 30.6 Å². The quantitative estimate of drug-likeness (QED) is 0.718. The number of nitrogens with zero attached hydrogens (tertiary/aromatic N) is 3. The summed E-state index contributed by atoms with van der Waals surface area (Å²) in [5, 5.41) is 5.18. The highest BCUT2D eigenvalue weighted by molar-refractivity contribution is 6.06. The lowest BCUT2D eigenvalue weighted by atomic mass is 9.94. The van der Waals surface area contributed by atoms with Crippen molar-refractivity contribution in [3.63, 3.8) is 0 Å². The Bertz CT molecular complexity index is 1170. The normalized spacial score (nSPS) is 23.3. The number of likely N-dealkylation sites (tertiary alicyclic amines) is 1. The SMILES string of the molecule is CNC(=O)Nc1ccc2c(c1)CC[C@@]21OC(=O)N(CC(=O)N2CCCC2c2cccnc2)C1=O. The van der Waals surface area contributed by atoms with Gasteiger partial charge in [-0.25, -0.2) is 14.5 Å². The first-order valence-corrected chi connectivity index (χ1v) is 11.3. The third-order valence-electron chi connectivity index (χ3n) is 6.78. The standard InChI is InChI=1S/C24H25N5O5/c1-25-22(32)27-17-6-7-18-15(12-17)8-9-24(18)21(31)29(23(33)34-24)14-20(30)28-11-3-5-19(28)16-4-2-10-26-13-16/h2,4,6-7,10,12-13,19H,3,5,8-9,11,14H2,1H3,(H2,25,27,32)/t19?,24-/m1/s1. The maximum absolute atomic E-state index is 13.4. The van der Waals surface area contributed by atoms with Crippen molar-refractivity contribution in [2.24, 2.45) is 0 Å². The number of anilines is 1. The van der Waals surface area contributed by atoms with Gasteiger partial charge < -0.3 is 20.3 Å². The predicted octanol–water partition coefficient (Wildman–Crippen LogP) is 2.32. The number of amides is 5. The zero-order valence-electron chi connectivity index (χ0n) is 18.7. The summed E-state index contributed by atoms with van der Waals surface area (Å²) in [4.78, 5) is 57.7. The van der Waals surface area contributed by atoms with Gasteiger partial charge in [-0.05, 0) is 48.6 Å². The molecule has 5 amide bonds. The van der Waals surface area contributed by atoms with Gasteiger partial charge in [-0.3, -0.25) is 14.6 Å². The summed E-state index contributed by atoms with van der Waals surface area (Å²) in [5.41, 5.74) is 1.50. The predicted molar refractivity (Wildman–Crippen MR) is 121 cm³/mol. The number of carbonyl (C=O) groups excluding carboxylic acids is 4. The largest absolute Gasteiger partial charge is 0.427 e. The third kappa shape index (κ3) is 3.55. The van der Waals surface area contributed by atoms with Crippen molar-refractivity contribution >= 4 is 29.6 Å². The van der Waals surface area contributed by atoms with E-state index in [1.807, 2.05) is 12.1 Å². The van der Waals surface area contributed by atoms with Gasteiger partial charge in [-0.15, -0.1) is 0 Å². The Kier molecular flexibility index (Phi) is 5.43. The van der Waals surface area contributed by atoms with Gasteiger partial charge in [-0.1, -0.05) is 12.1 Å². The molecule has 2 aromatic rings. The molecule has 0 radical (unpaired) electrons. The Morgan fingerprint density at radius 2 is 2.12 bits per heavy atom. The van der Waals surface area contributed by atoms with Crippen molar-refractivity contribution in [1.29, 1.82) is 0 Å². The van der Waals surface area contributed by atoms with E-state index in [2.05, 4.69) is 15.6 Å². The van der Waals surface area contributed by atoms with Crippen molar-refractivity contribution in [3.05, 3.63) is 59.4 Å². The molecule has 10 nitrogen and oxygen atoms in total. The van der Waals surface area contributed by atoms with Crippen LogP contribution in [0.3, 0.4) is 0 Å². The van der Waals surface area contributed by atoms with Crippen molar-refractivity contribution in [3.8, 4) is 0 Å². The molecule has 1 aliphatic carbocycles. The van der Waals surface area contributed by atoms with Gasteiger partial charge in [0.05, 0.1) is 6.04 Å². The summed E-state index contributed by atoms with van der Waals surface area (Å²) in [6.45, 7) is 0.201. The summed E-state index contributed by atoms with van der Waals surface area (Å²) in [6, 6.07) is 8.42. The molecule has 5 rings (SSSR count). The number of urea groups is 1. The molecule has 3 aliphatic rings. The molecule has 10 heteroatoms. The van der Waals surface area contributed by atoms with Crippen LogP contribution in [0.5, 0.6) is 0 Å². The number of hydrogen-bond acceptors (Lipinski definition) is 6. The number of aryl methyl sites for hydroxylation is 1. The van der Waals surface area contributed by atoms with Crippen LogP contribution in [0.15, 0.2) is 42.7 Å². The van der Waals surface area contributed by atoms with Crippen molar-refractivity contribution in [2.75, 3.05) is 25.5 Å². The molecule has 1 aromatic heterocycles. The van der Waals surface area contributed by atoms with Gasteiger partial charge in [0, 0.05) is 43.7 Å². The minimum Gasteiger partial charge on any atom is -0.427 e. The van der Waals surface area contributed by atoms with Crippen molar-refractivity contribution < 1.29 is 23.9 Å². The van der Waals surface area contributed by atoms with Crippen LogP contribution in [0.1, 0.15) is 42.0 Å². The average molecular weight is 463 g/mol. The van der Waals surface area contributed by atoms with E-state index in [-0.39, 0.29) is 24.5 Å². The lowest BCUT2D eigenvalue weighted by Crippen LogP contribution is -2.44. The molecule has 1 unspecified atom stereocenters. The Labute approximate surface area is 196 Å². The van der Waals surface area contributed by atoms with Crippen LogP contribution < -0.4 is 10.6 Å². The van der Waals surface area contributed by atoms with Crippen LogP contribution in [-0.4, -0.2) is 58.9 Å². The second kappa shape index (κ2) is 8.44. The zero-order valence-corrected chi connectivity index (χ0v) is 18.7. The maximum Gasteiger partial charge on any atom is 0.418 e. The van der Waals surface area contributed by atoms with E-state index in [0.717, 1.165) is 28.9 Å². The van der Waals surface area contributed by atoms with Crippen molar-refractivity contribution in [1.82, 2.24) is 20.1 Å². The lowest BCUT2D eigenvalue weighted by molar-refractivity contribution is -0.142. The molecule has 1 aromatic carbocycles. The smallest absolute Gasteiger partial charge is 0.418 e. The molecule has 1 spiro atoms. The molecule has 2 aliphatic heterocycles. The zero-order chi connectivity index (χ0) is 23.9. The van der Waals surface area contributed by atoms with Crippen LogP contribution in [0, 0.1) is 0 Å². The molecule has 176 valence electrons. The number of carbonyl (C=O) groups is 4. The minimum atomic E-state index is -1.42. The summed E-state index contributed by atoms with van der Waals surface area (Å²) in [7, 11) is 1.52. The molecule has 0 saturated carbocycles. The topological polar surface area (TPSA) is 121 Å². The van der Waals surface area contributed by atoms with Gasteiger partial charge in [-0.2, -0.15) is 0 Å². The summed E-state index contributed by atoms with van der Waals surface area (Å²) in [5.74, 6) is -0.814. The summed E-state index contributed by atoms with van der Waals surface area (Å²) >= 11 is 0. The Balaban J connectivity index is 1.34. The molecular weight excluding hydrogens is 438 g/mol. The minimum absolute atomic E-state index is 0.123. The molecule has 3 heterocycles. The molecule has 2 saturated heterocycles. The summed E-state index contributed by atoms with van der Waals surface area (Å²) < 4.78 is 5.64. The first kappa shape index (κ1) is 21.9. The highest BCUT2D eigenvalue weighted by Crippen LogP contribution is 2.46. The molecule has 0 bridgehead atoms. The number of hydrogen-bond donors (Lipinski definition) is 2. The third-order valence-corrected chi connectivity index (χ3v) is 6.78. The molecule has 2 N–H and O–H groups in total. The van der Waals surface area contributed by atoms with Crippen LogP contribution in [-0.2, 0) is 26.3 Å². The number of nitrogens with one attached hydrogen (secondary N) is 2. The number of pyridine rings is 1. The fraction of sp³-hybridized carbons (Fsp3) is 0.375. The lowest BCUT2D eigenvalue weighted by Gasteiger charge is -2.26. The van der Waals surface area contributed by atoms with E-state index in [1.54, 1.807) is 35.5 Å². The number of fused-ring (bicyclic) bond motifs is 2. The highest BCUT2D eigenvalue weighted by Gasteiger charge is 2.58. The number of rotatable bonds is 4. The fourth-order valence-corrected chi connectivity index (χ4v) is 5.14. The first-order chi connectivity index (χ1) is 16.4. The summed E-state index contributed by atoms with van der Waals surface area (Å²) in [6.07, 6.45) is 5.06. The average Bonchev–Trinajstić information content (AvgIpc) is 3.53. The van der Waals surface area contributed by atoms with Crippen LogP contribution in [0.25, 0.3) is 0 Å². The number of aromatic nitrogens is 1. The second-order valence-corrected chi connectivity index (χ2v) is 8.69. The highest BCUT2D eigenvalue weighted by atomic mass is 16.6. The van der Waals surface area contributed by atoms with Gasteiger partial charge in [0.15, 0.2) is 0 Å². The van der Waals surface area contributed by atoms with Gasteiger partial charge in [0.1, 0.15) is 6.54 Å². The van der Waals surface area contributed by atoms with Gasteiger partial charge in [0.25, 0.3) is 5.91 Å². The number of imide groups is 1. The Hall–Kier alpha value is -3.95. The van der Waals surface area contributed by atoms with Crippen LogP contribution in [0.2, 0.25) is 0 Å². The van der Waals surface area contributed by atoms with E-state index < -0.39 is 17.6 Å². The Morgan fingerprint density at radius 1 is 1.26 bits per heavy atom. The fourth-order valence-electron chi connectivity index (χ4n) is 5.14. The molecule has 2 fully saturated rings. The monoisotopic (exact) mass is 463 g/mol. The molecule has 2 atom stereocenters. The van der Waals surface area contributed by atoms with Crippen molar-refractivity contribution in [2.45, 2.75) is 37.3 Å². The van der Waals surface area contributed by atoms with Crippen LogP contribution in [0.4, 0.5) is 15.3 Å².